The summed E-state index contributed by atoms with van der Waals surface area (Å²) in [6.07, 6.45) is 2.34. The molecule has 0 spiro atoms. The molecule has 0 radical (unpaired) electrons. The van der Waals surface area contributed by atoms with Crippen LogP contribution in [0, 0.1) is 6.92 Å². The Bertz CT molecular complexity index is 993. The van der Waals surface area contributed by atoms with Crippen molar-refractivity contribution < 1.29 is 14.3 Å². The number of imidazole rings is 1. The summed E-state index contributed by atoms with van der Waals surface area (Å²) in [5.74, 6) is 1.38. The molecule has 1 unspecified atom stereocenters. The molecule has 6 heteroatoms. The predicted molar refractivity (Wildman–Crippen MR) is 97.8 cm³/mol. The Kier molecular flexibility index (Phi) is 4.03. The quantitative estimate of drug-likeness (QED) is 0.788. The van der Waals surface area contributed by atoms with Gasteiger partial charge in [0.15, 0.2) is 0 Å². The zero-order valence-electron chi connectivity index (χ0n) is 15.1. The van der Waals surface area contributed by atoms with Gasteiger partial charge in [-0.3, -0.25) is 4.79 Å². The van der Waals surface area contributed by atoms with Crippen LogP contribution in [-0.2, 0) is 11.3 Å². The topological polar surface area (TPSA) is 64.9 Å². The van der Waals surface area contributed by atoms with Gasteiger partial charge in [0, 0.05) is 29.7 Å². The summed E-state index contributed by atoms with van der Waals surface area (Å²) in [5.41, 5.74) is 4.69. The van der Waals surface area contributed by atoms with E-state index in [0.717, 1.165) is 39.7 Å². The van der Waals surface area contributed by atoms with E-state index < -0.39 is 0 Å². The maximum atomic E-state index is 12.4. The monoisotopic (exact) mass is 351 g/mol. The smallest absolute Gasteiger partial charge is 0.221 e. The molecule has 4 rings (SSSR count). The molecule has 1 amide bonds. The molecule has 1 aliphatic rings. The minimum Gasteiger partial charge on any atom is -0.496 e. The van der Waals surface area contributed by atoms with Gasteiger partial charge in [0.05, 0.1) is 32.2 Å². The minimum atomic E-state index is -0.149. The van der Waals surface area contributed by atoms with Gasteiger partial charge in [-0.25, -0.2) is 4.98 Å². The standard InChI is InChI=1S/C20H21N3O3/c1-12-16(25-2)8-7-13(20(12)26-3)14-10-18(24)21-11-15-19(14)23-9-5-4-6-17(23)22-15/h4-9,14H,10-11H2,1-3H3,(H,21,24). The van der Waals surface area contributed by atoms with Crippen LogP contribution in [0.1, 0.15) is 34.9 Å². The van der Waals surface area contributed by atoms with Crippen LogP contribution >= 0.6 is 0 Å². The van der Waals surface area contributed by atoms with E-state index in [1.165, 1.54) is 0 Å². The lowest BCUT2D eigenvalue weighted by Crippen LogP contribution is -2.21. The number of hydrogen-bond donors (Lipinski definition) is 1. The number of benzene rings is 1. The second-order valence-corrected chi connectivity index (χ2v) is 6.42. The zero-order valence-corrected chi connectivity index (χ0v) is 15.1. The Morgan fingerprint density at radius 1 is 1.19 bits per heavy atom. The number of carbonyl (C=O) groups is 1. The van der Waals surface area contributed by atoms with E-state index in [9.17, 15) is 4.79 Å². The number of methoxy groups -OCH3 is 2. The van der Waals surface area contributed by atoms with Crippen molar-refractivity contribution in [3.05, 3.63) is 59.0 Å². The SMILES string of the molecule is COc1ccc(C2CC(=O)NCc3nc4ccccn4c32)c(OC)c1C. The summed E-state index contributed by atoms with van der Waals surface area (Å²) in [6, 6.07) is 9.83. The van der Waals surface area contributed by atoms with Crippen LogP contribution in [-0.4, -0.2) is 29.5 Å². The first-order valence-electron chi connectivity index (χ1n) is 8.58. The highest BCUT2D eigenvalue weighted by atomic mass is 16.5. The van der Waals surface area contributed by atoms with Gasteiger partial charge in [-0.1, -0.05) is 12.1 Å². The van der Waals surface area contributed by atoms with Crippen LogP contribution in [0.4, 0.5) is 0 Å². The van der Waals surface area contributed by atoms with Crippen molar-refractivity contribution in [3.8, 4) is 11.5 Å². The van der Waals surface area contributed by atoms with Crippen LogP contribution in [0.15, 0.2) is 36.5 Å². The molecular weight excluding hydrogens is 330 g/mol. The Balaban J connectivity index is 1.97. The molecule has 1 N–H and O–H groups in total. The average Bonchev–Trinajstić information content (AvgIpc) is 2.94. The summed E-state index contributed by atoms with van der Waals surface area (Å²) < 4.78 is 13.2. The van der Waals surface area contributed by atoms with E-state index in [2.05, 4.69) is 9.72 Å². The maximum Gasteiger partial charge on any atom is 0.221 e. The van der Waals surface area contributed by atoms with Gasteiger partial charge in [0.1, 0.15) is 17.1 Å². The molecule has 134 valence electrons. The van der Waals surface area contributed by atoms with E-state index in [-0.39, 0.29) is 11.8 Å². The van der Waals surface area contributed by atoms with Gasteiger partial charge in [0.2, 0.25) is 5.91 Å². The third-order valence-electron chi connectivity index (χ3n) is 5.00. The first-order valence-corrected chi connectivity index (χ1v) is 8.58. The van der Waals surface area contributed by atoms with Crippen LogP contribution in [0.3, 0.4) is 0 Å². The number of nitrogens with one attached hydrogen (secondary N) is 1. The summed E-state index contributed by atoms with van der Waals surface area (Å²) in [6.45, 7) is 2.40. The molecule has 0 saturated carbocycles. The van der Waals surface area contributed by atoms with Crippen molar-refractivity contribution in [2.45, 2.75) is 25.8 Å². The Morgan fingerprint density at radius 2 is 2.04 bits per heavy atom. The van der Waals surface area contributed by atoms with Crippen molar-refractivity contribution in [3.63, 3.8) is 0 Å². The van der Waals surface area contributed by atoms with Crippen LogP contribution in [0.5, 0.6) is 11.5 Å². The van der Waals surface area contributed by atoms with Crippen LogP contribution in [0.2, 0.25) is 0 Å². The molecule has 1 aliphatic heterocycles. The van der Waals surface area contributed by atoms with Gasteiger partial charge >= 0.3 is 0 Å². The molecule has 2 aromatic heterocycles. The molecule has 0 bridgehead atoms. The fourth-order valence-corrected chi connectivity index (χ4v) is 3.82. The molecule has 1 aromatic carbocycles. The number of fused-ring (bicyclic) bond motifs is 3. The number of aromatic nitrogens is 2. The largest absolute Gasteiger partial charge is 0.496 e. The van der Waals surface area contributed by atoms with Crippen LogP contribution < -0.4 is 14.8 Å². The van der Waals surface area contributed by atoms with E-state index in [0.29, 0.717) is 13.0 Å². The lowest BCUT2D eigenvalue weighted by atomic mass is 9.89. The number of nitrogens with zero attached hydrogens (tertiary/aromatic N) is 2. The second-order valence-electron chi connectivity index (χ2n) is 6.42. The highest BCUT2D eigenvalue weighted by Crippen LogP contribution is 2.41. The van der Waals surface area contributed by atoms with Crippen LogP contribution in [0.25, 0.3) is 5.65 Å². The summed E-state index contributed by atoms with van der Waals surface area (Å²) in [7, 11) is 3.29. The molecule has 6 nitrogen and oxygen atoms in total. The fraction of sp³-hybridized carbons (Fsp3) is 0.300. The zero-order chi connectivity index (χ0) is 18.3. The van der Waals surface area contributed by atoms with Gasteiger partial charge in [0.25, 0.3) is 0 Å². The van der Waals surface area contributed by atoms with E-state index in [1.807, 2.05) is 43.5 Å². The maximum absolute atomic E-state index is 12.4. The number of amides is 1. The van der Waals surface area contributed by atoms with Crippen molar-refractivity contribution in [2.75, 3.05) is 14.2 Å². The van der Waals surface area contributed by atoms with Crippen molar-refractivity contribution in [1.82, 2.24) is 14.7 Å². The van der Waals surface area contributed by atoms with E-state index in [1.54, 1.807) is 14.2 Å². The van der Waals surface area contributed by atoms with Crippen molar-refractivity contribution >= 4 is 11.6 Å². The highest BCUT2D eigenvalue weighted by molar-refractivity contribution is 5.79. The van der Waals surface area contributed by atoms with E-state index >= 15 is 0 Å². The second kappa shape index (κ2) is 6.37. The minimum absolute atomic E-state index is 0.00760. The third-order valence-corrected chi connectivity index (χ3v) is 5.00. The van der Waals surface area contributed by atoms with Gasteiger partial charge in [-0.2, -0.15) is 0 Å². The predicted octanol–water partition coefficient (Wildman–Crippen LogP) is 2.81. The lowest BCUT2D eigenvalue weighted by Gasteiger charge is -2.21. The average molecular weight is 351 g/mol. The lowest BCUT2D eigenvalue weighted by molar-refractivity contribution is -0.121. The molecule has 0 aliphatic carbocycles. The normalized spacial score (nSPS) is 16.7. The number of ether oxygens (including phenoxy) is 2. The first-order chi connectivity index (χ1) is 12.6. The molecule has 1 atom stereocenters. The fourth-order valence-electron chi connectivity index (χ4n) is 3.82. The Labute approximate surface area is 151 Å². The van der Waals surface area contributed by atoms with Gasteiger partial charge in [-0.15, -0.1) is 0 Å². The molecular formula is C20H21N3O3. The molecule has 3 heterocycles. The van der Waals surface area contributed by atoms with E-state index in [4.69, 9.17) is 14.5 Å². The third kappa shape index (κ3) is 2.49. The molecule has 0 fully saturated rings. The summed E-state index contributed by atoms with van der Waals surface area (Å²) in [4.78, 5) is 17.1. The number of carbonyl (C=O) groups excluding carboxylic acids is 1. The Hall–Kier alpha value is -3.02. The van der Waals surface area contributed by atoms with Crippen molar-refractivity contribution in [2.24, 2.45) is 0 Å². The van der Waals surface area contributed by atoms with Gasteiger partial charge in [-0.05, 0) is 25.1 Å². The number of pyridine rings is 1. The highest BCUT2D eigenvalue weighted by Gasteiger charge is 2.31. The molecule has 26 heavy (non-hydrogen) atoms. The molecule has 0 saturated heterocycles. The summed E-state index contributed by atoms with van der Waals surface area (Å²) in [5, 5.41) is 2.96. The number of hydrogen-bond acceptors (Lipinski definition) is 4. The first kappa shape index (κ1) is 16.4. The number of rotatable bonds is 3. The molecule has 3 aromatic rings. The van der Waals surface area contributed by atoms with Gasteiger partial charge < -0.3 is 19.2 Å². The van der Waals surface area contributed by atoms with Crippen molar-refractivity contribution in [1.29, 1.82) is 0 Å². The Morgan fingerprint density at radius 3 is 2.81 bits per heavy atom. The summed E-state index contributed by atoms with van der Waals surface area (Å²) >= 11 is 0.